The summed E-state index contributed by atoms with van der Waals surface area (Å²) in [5.74, 6) is -2.24. The first-order valence-corrected chi connectivity index (χ1v) is 6.53. The fourth-order valence-electron chi connectivity index (χ4n) is 2.15. The minimum atomic E-state index is -1.14. The van der Waals surface area contributed by atoms with Gasteiger partial charge in [-0.25, -0.2) is 4.79 Å². The van der Waals surface area contributed by atoms with E-state index in [1.807, 2.05) is 0 Å². The van der Waals surface area contributed by atoms with Crippen molar-refractivity contribution in [1.82, 2.24) is 10.6 Å². The summed E-state index contributed by atoms with van der Waals surface area (Å²) >= 11 is 0. The lowest BCUT2D eigenvalue weighted by Gasteiger charge is -2.16. The van der Waals surface area contributed by atoms with E-state index in [4.69, 9.17) is 0 Å². The Hall–Kier alpha value is -2.57. The number of carboxylic acid groups (broad SMARTS) is 1. The Balaban J connectivity index is 1.99. The van der Waals surface area contributed by atoms with Gasteiger partial charge in [0.25, 0.3) is 0 Å². The minimum Gasteiger partial charge on any atom is -0.508 e. The molecule has 2 amide bonds. The van der Waals surface area contributed by atoms with Gasteiger partial charge in [-0.3, -0.25) is 9.59 Å². The van der Waals surface area contributed by atoms with Crippen molar-refractivity contribution in [2.24, 2.45) is 5.92 Å². The SMILES string of the molecule is O=C1CC(C(=O)N[C@@H](Cc2ccc(O)cc2)C(=O)O)CN1. The Labute approximate surface area is 121 Å². The number of hydrogen-bond donors (Lipinski definition) is 4. The lowest BCUT2D eigenvalue weighted by atomic mass is 10.0. The van der Waals surface area contributed by atoms with Crippen molar-refractivity contribution in [2.75, 3.05) is 6.54 Å². The zero-order valence-corrected chi connectivity index (χ0v) is 11.2. The summed E-state index contributed by atoms with van der Waals surface area (Å²) in [6.45, 7) is 0.232. The van der Waals surface area contributed by atoms with Gasteiger partial charge in [0.2, 0.25) is 11.8 Å². The van der Waals surface area contributed by atoms with Gasteiger partial charge >= 0.3 is 5.97 Å². The van der Waals surface area contributed by atoms with E-state index in [0.29, 0.717) is 5.56 Å². The van der Waals surface area contributed by atoms with Gasteiger partial charge in [-0.2, -0.15) is 0 Å². The van der Waals surface area contributed by atoms with Crippen LogP contribution < -0.4 is 10.6 Å². The predicted octanol–water partition coefficient (Wildman–Crippen LogP) is -0.360. The fraction of sp³-hybridized carbons (Fsp3) is 0.357. The number of amides is 2. The summed E-state index contributed by atoms with van der Waals surface area (Å²) in [5.41, 5.74) is 0.682. The van der Waals surface area contributed by atoms with Crippen molar-refractivity contribution in [1.29, 1.82) is 0 Å². The van der Waals surface area contributed by atoms with Gasteiger partial charge < -0.3 is 20.8 Å². The number of carboxylic acids is 1. The first-order chi connectivity index (χ1) is 9.95. The number of aliphatic carboxylic acids is 1. The van der Waals surface area contributed by atoms with Crippen molar-refractivity contribution in [3.63, 3.8) is 0 Å². The maximum absolute atomic E-state index is 11.9. The molecule has 0 radical (unpaired) electrons. The summed E-state index contributed by atoms with van der Waals surface area (Å²) in [6, 6.07) is 5.03. The Bertz CT molecular complexity index is 555. The largest absolute Gasteiger partial charge is 0.508 e. The molecule has 0 bridgehead atoms. The molecule has 2 rings (SSSR count). The maximum atomic E-state index is 11.9. The van der Waals surface area contributed by atoms with Crippen LogP contribution in [0.5, 0.6) is 5.75 Å². The molecule has 112 valence electrons. The highest BCUT2D eigenvalue weighted by molar-refractivity contribution is 5.91. The van der Waals surface area contributed by atoms with E-state index < -0.39 is 23.8 Å². The number of carbonyl (C=O) groups excluding carboxylic acids is 2. The number of rotatable bonds is 5. The van der Waals surface area contributed by atoms with E-state index in [0.717, 1.165) is 0 Å². The summed E-state index contributed by atoms with van der Waals surface area (Å²) < 4.78 is 0. The monoisotopic (exact) mass is 292 g/mol. The maximum Gasteiger partial charge on any atom is 0.326 e. The van der Waals surface area contributed by atoms with Crippen molar-refractivity contribution in [3.05, 3.63) is 29.8 Å². The average Bonchev–Trinajstić information content (AvgIpc) is 2.87. The van der Waals surface area contributed by atoms with Crippen LogP contribution in [0.1, 0.15) is 12.0 Å². The molecule has 1 aromatic rings. The molecule has 21 heavy (non-hydrogen) atoms. The smallest absolute Gasteiger partial charge is 0.326 e. The minimum absolute atomic E-state index is 0.0807. The van der Waals surface area contributed by atoms with Crippen LogP contribution in [0.3, 0.4) is 0 Å². The normalized spacial score (nSPS) is 18.9. The second kappa shape index (κ2) is 6.25. The van der Waals surface area contributed by atoms with Gasteiger partial charge in [-0.1, -0.05) is 12.1 Å². The summed E-state index contributed by atoms with van der Waals surface area (Å²) in [5, 5.41) is 23.4. The molecule has 1 fully saturated rings. The van der Waals surface area contributed by atoms with Crippen LogP contribution in [0.4, 0.5) is 0 Å². The molecule has 2 atom stereocenters. The Morgan fingerprint density at radius 2 is 2.00 bits per heavy atom. The van der Waals surface area contributed by atoms with Crippen LogP contribution >= 0.6 is 0 Å². The highest BCUT2D eigenvalue weighted by atomic mass is 16.4. The third-order valence-electron chi connectivity index (χ3n) is 3.34. The third kappa shape index (κ3) is 3.95. The molecular weight excluding hydrogens is 276 g/mol. The zero-order chi connectivity index (χ0) is 15.4. The van der Waals surface area contributed by atoms with Crippen LogP contribution in [-0.4, -0.2) is 40.6 Å². The zero-order valence-electron chi connectivity index (χ0n) is 11.2. The Morgan fingerprint density at radius 3 is 2.52 bits per heavy atom. The van der Waals surface area contributed by atoms with E-state index in [2.05, 4.69) is 10.6 Å². The van der Waals surface area contributed by atoms with Crippen molar-refractivity contribution < 1.29 is 24.6 Å². The fourth-order valence-corrected chi connectivity index (χ4v) is 2.15. The highest BCUT2D eigenvalue weighted by Crippen LogP contribution is 2.13. The van der Waals surface area contributed by atoms with E-state index >= 15 is 0 Å². The van der Waals surface area contributed by atoms with Crippen LogP contribution in [0.15, 0.2) is 24.3 Å². The number of hydrogen-bond acceptors (Lipinski definition) is 4. The molecule has 0 aliphatic carbocycles. The van der Waals surface area contributed by atoms with Crippen LogP contribution in [0, 0.1) is 5.92 Å². The molecular formula is C14H16N2O5. The van der Waals surface area contributed by atoms with Crippen LogP contribution in [-0.2, 0) is 20.8 Å². The standard InChI is InChI=1S/C14H16N2O5/c17-10-3-1-8(2-4-10)5-11(14(20)21)16-13(19)9-6-12(18)15-7-9/h1-4,9,11,17H,5-7H2,(H,15,18)(H,16,19)(H,20,21)/t9?,11-/m0/s1. The van der Waals surface area contributed by atoms with Crippen molar-refractivity contribution in [3.8, 4) is 5.75 Å². The molecule has 1 heterocycles. The van der Waals surface area contributed by atoms with Gasteiger partial charge in [0.05, 0.1) is 5.92 Å². The molecule has 7 heteroatoms. The summed E-state index contributed by atoms with van der Waals surface area (Å²) in [7, 11) is 0. The lowest BCUT2D eigenvalue weighted by Crippen LogP contribution is -2.45. The van der Waals surface area contributed by atoms with E-state index in [-0.39, 0.29) is 31.0 Å². The lowest BCUT2D eigenvalue weighted by molar-refractivity contribution is -0.142. The first kappa shape index (κ1) is 14.8. The highest BCUT2D eigenvalue weighted by Gasteiger charge is 2.30. The quantitative estimate of drug-likeness (QED) is 0.591. The van der Waals surface area contributed by atoms with E-state index in [1.54, 1.807) is 12.1 Å². The summed E-state index contributed by atoms with van der Waals surface area (Å²) in [4.78, 5) is 34.3. The molecule has 0 aromatic heterocycles. The number of benzene rings is 1. The van der Waals surface area contributed by atoms with E-state index in [9.17, 15) is 24.6 Å². The molecule has 0 saturated carbocycles. The predicted molar refractivity (Wildman–Crippen MR) is 72.5 cm³/mol. The number of aromatic hydroxyl groups is 1. The molecule has 1 unspecified atom stereocenters. The molecule has 1 aliphatic heterocycles. The Morgan fingerprint density at radius 1 is 1.33 bits per heavy atom. The van der Waals surface area contributed by atoms with Gasteiger partial charge in [0.15, 0.2) is 0 Å². The van der Waals surface area contributed by atoms with Gasteiger partial charge in [-0.15, -0.1) is 0 Å². The topological polar surface area (TPSA) is 116 Å². The number of carbonyl (C=O) groups is 3. The van der Waals surface area contributed by atoms with Gasteiger partial charge in [0.1, 0.15) is 11.8 Å². The van der Waals surface area contributed by atoms with Gasteiger partial charge in [0, 0.05) is 19.4 Å². The molecule has 0 spiro atoms. The average molecular weight is 292 g/mol. The first-order valence-electron chi connectivity index (χ1n) is 6.53. The van der Waals surface area contributed by atoms with Crippen LogP contribution in [0.2, 0.25) is 0 Å². The van der Waals surface area contributed by atoms with E-state index in [1.165, 1.54) is 12.1 Å². The number of phenolic OH excluding ortho intramolecular Hbond substituents is 1. The molecule has 1 aromatic carbocycles. The molecule has 1 aliphatic rings. The number of phenols is 1. The van der Waals surface area contributed by atoms with Crippen molar-refractivity contribution in [2.45, 2.75) is 18.9 Å². The van der Waals surface area contributed by atoms with Crippen LogP contribution in [0.25, 0.3) is 0 Å². The molecule has 4 N–H and O–H groups in total. The third-order valence-corrected chi connectivity index (χ3v) is 3.34. The second-order valence-electron chi connectivity index (χ2n) is 4.98. The van der Waals surface area contributed by atoms with Crippen molar-refractivity contribution >= 4 is 17.8 Å². The second-order valence-corrected chi connectivity index (χ2v) is 4.98. The number of nitrogens with one attached hydrogen (secondary N) is 2. The Kier molecular flexibility index (Phi) is 4.42. The molecule has 7 nitrogen and oxygen atoms in total. The molecule has 1 saturated heterocycles. The summed E-state index contributed by atoms with van der Waals surface area (Å²) in [6.07, 6.45) is 0.187. The van der Waals surface area contributed by atoms with Gasteiger partial charge in [-0.05, 0) is 17.7 Å².